The molecule has 1 fully saturated rings. The Morgan fingerprint density at radius 2 is 2.00 bits per heavy atom. The zero-order chi connectivity index (χ0) is 22.7. The first-order valence-corrected chi connectivity index (χ1v) is 10.7. The SMILES string of the molecule is C[C@@H]1CC[C@@H](C(=O)NCc2cc(Cl)ccc2-n2cnnn2)N1C(=O)[C@H](O)c1ccccc1. The van der Waals surface area contributed by atoms with E-state index in [4.69, 9.17) is 11.6 Å². The number of amides is 2. The third-order valence-electron chi connectivity index (χ3n) is 5.67. The van der Waals surface area contributed by atoms with Crippen molar-refractivity contribution >= 4 is 23.4 Å². The van der Waals surface area contributed by atoms with E-state index in [1.54, 1.807) is 42.5 Å². The molecule has 0 saturated carbocycles. The van der Waals surface area contributed by atoms with E-state index in [0.29, 0.717) is 29.1 Å². The van der Waals surface area contributed by atoms with Crippen LogP contribution in [0.15, 0.2) is 54.9 Å². The zero-order valence-corrected chi connectivity index (χ0v) is 18.2. The lowest BCUT2D eigenvalue weighted by Crippen LogP contribution is -2.49. The Morgan fingerprint density at radius 3 is 2.72 bits per heavy atom. The largest absolute Gasteiger partial charge is 0.378 e. The minimum Gasteiger partial charge on any atom is -0.378 e. The maximum Gasteiger partial charge on any atom is 0.256 e. The summed E-state index contributed by atoms with van der Waals surface area (Å²) in [6.45, 7) is 2.07. The van der Waals surface area contributed by atoms with Crippen LogP contribution < -0.4 is 5.32 Å². The Balaban J connectivity index is 1.49. The highest BCUT2D eigenvalue weighted by molar-refractivity contribution is 6.30. The molecule has 0 spiro atoms. The van der Waals surface area contributed by atoms with Gasteiger partial charge in [0.05, 0.1) is 5.69 Å². The summed E-state index contributed by atoms with van der Waals surface area (Å²) >= 11 is 6.14. The van der Waals surface area contributed by atoms with Crippen LogP contribution >= 0.6 is 11.6 Å². The lowest BCUT2D eigenvalue weighted by Gasteiger charge is -2.30. The molecule has 0 unspecified atom stereocenters. The van der Waals surface area contributed by atoms with Crippen LogP contribution in [0, 0.1) is 0 Å². The smallest absolute Gasteiger partial charge is 0.256 e. The number of nitrogens with one attached hydrogen (secondary N) is 1. The van der Waals surface area contributed by atoms with Crippen molar-refractivity contribution in [2.75, 3.05) is 0 Å². The summed E-state index contributed by atoms with van der Waals surface area (Å²) < 4.78 is 1.49. The van der Waals surface area contributed by atoms with Crippen molar-refractivity contribution in [3.63, 3.8) is 0 Å². The van der Waals surface area contributed by atoms with E-state index in [0.717, 1.165) is 5.56 Å². The van der Waals surface area contributed by atoms with E-state index >= 15 is 0 Å². The number of tetrazole rings is 1. The van der Waals surface area contributed by atoms with Crippen LogP contribution in [-0.2, 0) is 16.1 Å². The number of aliphatic hydroxyl groups is 1. The summed E-state index contributed by atoms with van der Waals surface area (Å²) in [6, 6.07) is 13.1. The topological polar surface area (TPSA) is 113 Å². The molecule has 1 aliphatic rings. The number of carbonyl (C=O) groups is 2. The number of aromatic nitrogens is 4. The summed E-state index contributed by atoms with van der Waals surface area (Å²) in [5, 5.41) is 25.2. The lowest BCUT2D eigenvalue weighted by molar-refractivity contribution is -0.147. The van der Waals surface area contributed by atoms with Crippen molar-refractivity contribution in [1.82, 2.24) is 30.4 Å². The molecule has 3 atom stereocenters. The lowest BCUT2D eigenvalue weighted by atomic mass is 10.1. The highest BCUT2D eigenvalue weighted by Crippen LogP contribution is 2.28. The molecule has 2 amide bonds. The zero-order valence-electron chi connectivity index (χ0n) is 17.4. The summed E-state index contributed by atoms with van der Waals surface area (Å²) in [5.41, 5.74) is 1.92. The minimum absolute atomic E-state index is 0.153. The summed E-state index contributed by atoms with van der Waals surface area (Å²) in [4.78, 5) is 27.6. The van der Waals surface area contributed by atoms with Crippen molar-refractivity contribution in [3.8, 4) is 5.69 Å². The fraction of sp³-hybridized carbons (Fsp3) is 0.318. The van der Waals surface area contributed by atoms with Crippen LogP contribution in [0.2, 0.25) is 5.02 Å². The number of halogens is 1. The van der Waals surface area contributed by atoms with Crippen LogP contribution in [-0.4, -0.2) is 54.1 Å². The second kappa shape index (κ2) is 9.46. The molecular formula is C22H23ClN6O3. The normalized spacial score (nSPS) is 19.0. The van der Waals surface area contributed by atoms with Gasteiger partial charge in [-0.15, -0.1) is 5.10 Å². The molecule has 1 aliphatic heterocycles. The van der Waals surface area contributed by atoms with Crippen molar-refractivity contribution < 1.29 is 14.7 Å². The third-order valence-corrected chi connectivity index (χ3v) is 5.90. The summed E-state index contributed by atoms with van der Waals surface area (Å²) in [6.07, 6.45) is 1.35. The molecule has 9 nitrogen and oxygen atoms in total. The van der Waals surface area contributed by atoms with E-state index in [1.807, 2.05) is 13.0 Å². The predicted octanol–water partition coefficient (Wildman–Crippen LogP) is 2.04. The molecule has 0 aliphatic carbocycles. The molecule has 166 valence electrons. The first kappa shape index (κ1) is 21.9. The fourth-order valence-electron chi connectivity index (χ4n) is 4.02. The Hall–Kier alpha value is -3.30. The molecule has 32 heavy (non-hydrogen) atoms. The molecule has 1 saturated heterocycles. The monoisotopic (exact) mass is 454 g/mol. The number of hydrogen-bond acceptors (Lipinski definition) is 6. The van der Waals surface area contributed by atoms with Gasteiger partial charge in [0, 0.05) is 17.6 Å². The van der Waals surface area contributed by atoms with Gasteiger partial charge in [0.1, 0.15) is 12.4 Å². The predicted molar refractivity (Wildman–Crippen MR) is 117 cm³/mol. The number of hydrogen-bond donors (Lipinski definition) is 2. The minimum atomic E-state index is -1.31. The summed E-state index contributed by atoms with van der Waals surface area (Å²) in [7, 11) is 0. The Kier molecular flexibility index (Phi) is 6.48. The second-order valence-electron chi connectivity index (χ2n) is 7.75. The van der Waals surface area contributed by atoms with E-state index in [2.05, 4.69) is 20.8 Å². The van der Waals surface area contributed by atoms with E-state index in [1.165, 1.54) is 15.9 Å². The Morgan fingerprint density at radius 1 is 1.22 bits per heavy atom. The van der Waals surface area contributed by atoms with Gasteiger partial charge in [0.2, 0.25) is 5.91 Å². The van der Waals surface area contributed by atoms with Crippen LogP contribution in [0.25, 0.3) is 5.69 Å². The summed E-state index contributed by atoms with van der Waals surface area (Å²) in [5.74, 6) is -0.760. The van der Waals surface area contributed by atoms with Gasteiger partial charge in [-0.05, 0) is 59.5 Å². The van der Waals surface area contributed by atoms with Crippen LogP contribution in [0.4, 0.5) is 0 Å². The van der Waals surface area contributed by atoms with Crippen LogP contribution in [0.3, 0.4) is 0 Å². The quantitative estimate of drug-likeness (QED) is 0.589. The Labute approximate surface area is 190 Å². The highest BCUT2D eigenvalue weighted by Gasteiger charge is 2.41. The van der Waals surface area contributed by atoms with Crippen molar-refractivity contribution in [2.24, 2.45) is 0 Å². The van der Waals surface area contributed by atoms with Gasteiger partial charge < -0.3 is 15.3 Å². The number of aliphatic hydroxyl groups excluding tert-OH is 1. The van der Waals surface area contributed by atoms with Gasteiger partial charge in [0.15, 0.2) is 6.10 Å². The molecule has 3 aromatic rings. The van der Waals surface area contributed by atoms with Crippen LogP contribution in [0.1, 0.15) is 37.0 Å². The molecule has 2 N–H and O–H groups in total. The number of likely N-dealkylation sites (tertiary alicyclic amines) is 1. The van der Waals surface area contributed by atoms with Gasteiger partial charge in [-0.2, -0.15) is 0 Å². The molecule has 0 radical (unpaired) electrons. The second-order valence-corrected chi connectivity index (χ2v) is 8.18. The standard InChI is InChI=1S/C22H23ClN6O3/c1-14-7-9-19(29(14)22(32)20(30)15-5-3-2-4-6-15)21(31)24-12-16-11-17(23)8-10-18(16)28-13-25-26-27-28/h2-6,8,10-11,13-14,19-20,30H,7,9,12H2,1H3,(H,24,31)/t14-,19+,20-/m1/s1. The maximum absolute atomic E-state index is 13.1. The molecule has 2 heterocycles. The number of carbonyl (C=O) groups excluding carboxylic acids is 2. The average molecular weight is 455 g/mol. The highest BCUT2D eigenvalue weighted by atomic mass is 35.5. The molecule has 1 aromatic heterocycles. The number of nitrogens with zero attached hydrogens (tertiary/aromatic N) is 5. The van der Waals surface area contributed by atoms with Gasteiger partial charge in [-0.25, -0.2) is 4.68 Å². The molecule has 2 aromatic carbocycles. The molecule has 10 heteroatoms. The van der Waals surface area contributed by atoms with Gasteiger partial charge in [-0.3, -0.25) is 9.59 Å². The molecule has 4 rings (SSSR count). The van der Waals surface area contributed by atoms with Crippen molar-refractivity contribution in [2.45, 2.75) is 44.5 Å². The van der Waals surface area contributed by atoms with Crippen LogP contribution in [0.5, 0.6) is 0 Å². The third kappa shape index (κ3) is 4.49. The van der Waals surface area contributed by atoms with Crippen molar-refractivity contribution in [3.05, 3.63) is 71.0 Å². The number of rotatable bonds is 6. The first-order valence-electron chi connectivity index (χ1n) is 10.3. The number of benzene rings is 2. The molecule has 0 bridgehead atoms. The van der Waals surface area contributed by atoms with Crippen molar-refractivity contribution in [1.29, 1.82) is 0 Å². The van der Waals surface area contributed by atoms with Gasteiger partial charge in [0.25, 0.3) is 5.91 Å². The first-order chi connectivity index (χ1) is 15.5. The fourth-order valence-corrected chi connectivity index (χ4v) is 4.22. The van der Waals surface area contributed by atoms with E-state index < -0.39 is 18.1 Å². The van der Waals surface area contributed by atoms with E-state index in [9.17, 15) is 14.7 Å². The Bertz CT molecular complexity index is 1090. The van der Waals surface area contributed by atoms with Gasteiger partial charge >= 0.3 is 0 Å². The van der Waals surface area contributed by atoms with E-state index in [-0.39, 0.29) is 18.5 Å². The average Bonchev–Trinajstić information content (AvgIpc) is 3.47. The van der Waals surface area contributed by atoms with Gasteiger partial charge in [-0.1, -0.05) is 41.9 Å². The maximum atomic E-state index is 13.1. The molecular weight excluding hydrogens is 432 g/mol.